The van der Waals surface area contributed by atoms with Gasteiger partial charge < -0.3 is 10.1 Å². The first kappa shape index (κ1) is 20.6. The van der Waals surface area contributed by atoms with Crippen LogP contribution in [0.25, 0.3) is 0 Å². The van der Waals surface area contributed by atoms with Gasteiger partial charge in [0.15, 0.2) is 0 Å². The van der Waals surface area contributed by atoms with Crippen molar-refractivity contribution in [2.24, 2.45) is 0 Å². The summed E-state index contributed by atoms with van der Waals surface area (Å²) in [6.07, 6.45) is 0.945. The molecule has 4 nitrogen and oxygen atoms in total. The Labute approximate surface area is 173 Å². The molecule has 0 spiro atoms. The van der Waals surface area contributed by atoms with Crippen LogP contribution in [0.4, 0.5) is 4.39 Å². The number of nitrogens with one attached hydrogen (secondary N) is 1. The van der Waals surface area contributed by atoms with E-state index in [0.29, 0.717) is 17.9 Å². The van der Waals surface area contributed by atoms with Crippen LogP contribution in [0.2, 0.25) is 0 Å². The molecule has 3 aromatic rings. The minimum atomic E-state index is -0.359. The van der Waals surface area contributed by atoms with Crippen molar-refractivity contribution in [3.8, 4) is 0 Å². The predicted octanol–water partition coefficient (Wildman–Crippen LogP) is 4.55. The number of nitrogens with zero attached hydrogens (tertiary/aromatic N) is 1. The number of halogens is 2. The van der Waals surface area contributed by atoms with Crippen LogP contribution in [0, 0.1) is 5.82 Å². The van der Waals surface area contributed by atoms with Gasteiger partial charge in [-0.25, -0.2) is 9.37 Å². The fraction of sp³-hybridized carbons (Fsp3) is 0.238. The molecule has 146 valence electrons. The second kappa shape index (κ2) is 9.39. The predicted molar refractivity (Wildman–Crippen MR) is 110 cm³/mol. The van der Waals surface area contributed by atoms with Crippen LogP contribution >= 0.6 is 23.7 Å². The van der Waals surface area contributed by atoms with Crippen molar-refractivity contribution < 1.29 is 13.9 Å². The molecule has 1 N–H and O–H groups in total. The average molecular weight is 419 g/mol. The minimum Gasteiger partial charge on any atom is -0.372 e. The van der Waals surface area contributed by atoms with Crippen LogP contribution in [-0.4, -0.2) is 23.4 Å². The van der Waals surface area contributed by atoms with Gasteiger partial charge in [-0.2, -0.15) is 0 Å². The third-order valence-electron chi connectivity index (χ3n) is 4.58. The topological polar surface area (TPSA) is 51.2 Å². The monoisotopic (exact) mass is 418 g/mol. The smallest absolute Gasteiger partial charge is 0.212 e. The highest BCUT2D eigenvalue weighted by Gasteiger charge is 2.28. The average Bonchev–Trinajstić information content (AvgIpc) is 3.37. The number of rotatable bonds is 6. The standard InChI is InChI=1S/C21H19FN2O2S.ClH/c22-16-8-6-15(7-9-16)20(25)19-13-27-21(24-19)18-10-17(11-23-18)26-12-14-4-2-1-3-5-14;/h1-9,13,17-18,23H,10-12H2;1H/t17-,18-;/m0./s1. The zero-order valence-electron chi connectivity index (χ0n) is 15.0. The quantitative estimate of drug-likeness (QED) is 0.596. The molecule has 0 aliphatic carbocycles. The molecule has 1 aromatic heterocycles. The van der Waals surface area contributed by atoms with Gasteiger partial charge in [0.25, 0.3) is 0 Å². The Balaban J connectivity index is 0.00000225. The van der Waals surface area contributed by atoms with Crippen molar-refractivity contribution in [3.63, 3.8) is 0 Å². The summed E-state index contributed by atoms with van der Waals surface area (Å²) in [6.45, 7) is 1.35. The van der Waals surface area contributed by atoms with Crippen molar-refractivity contribution in [1.82, 2.24) is 10.3 Å². The van der Waals surface area contributed by atoms with Crippen LogP contribution in [-0.2, 0) is 11.3 Å². The lowest BCUT2D eigenvalue weighted by molar-refractivity contribution is 0.0525. The van der Waals surface area contributed by atoms with E-state index in [1.807, 2.05) is 30.3 Å². The Kier molecular flexibility index (Phi) is 6.91. The summed E-state index contributed by atoms with van der Waals surface area (Å²) in [5.41, 5.74) is 2.00. The third kappa shape index (κ3) is 4.83. The number of hydrogen-bond acceptors (Lipinski definition) is 5. The lowest BCUT2D eigenvalue weighted by Crippen LogP contribution is -2.17. The van der Waals surface area contributed by atoms with Crippen molar-refractivity contribution >= 4 is 29.5 Å². The first-order valence-electron chi connectivity index (χ1n) is 8.83. The minimum absolute atomic E-state index is 0. The molecule has 0 amide bonds. The summed E-state index contributed by atoms with van der Waals surface area (Å²) in [6, 6.07) is 15.7. The second-order valence-electron chi connectivity index (χ2n) is 6.52. The van der Waals surface area contributed by atoms with Crippen molar-refractivity contribution in [3.05, 3.63) is 87.6 Å². The Morgan fingerprint density at radius 2 is 1.93 bits per heavy atom. The highest BCUT2D eigenvalue weighted by molar-refractivity contribution is 7.10. The summed E-state index contributed by atoms with van der Waals surface area (Å²) in [7, 11) is 0. The van der Waals surface area contributed by atoms with Gasteiger partial charge in [-0.05, 0) is 36.2 Å². The van der Waals surface area contributed by atoms with Gasteiger partial charge in [0, 0.05) is 17.5 Å². The first-order valence-corrected chi connectivity index (χ1v) is 9.71. The van der Waals surface area contributed by atoms with Gasteiger partial charge in [0.1, 0.15) is 16.5 Å². The Morgan fingerprint density at radius 3 is 2.68 bits per heavy atom. The van der Waals surface area contributed by atoms with E-state index in [4.69, 9.17) is 4.74 Å². The maximum Gasteiger partial charge on any atom is 0.212 e. The fourth-order valence-corrected chi connectivity index (χ4v) is 3.99. The molecule has 2 heterocycles. The molecule has 1 saturated heterocycles. The van der Waals surface area contributed by atoms with Crippen LogP contribution in [0.1, 0.15) is 39.1 Å². The largest absolute Gasteiger partial charge is 0.372 e. The SMILES string of the molecule is Cl.O=C(c1ccc(F)cc1)c1csc([C@@H]2C[C@H](OCc3ccccc3)CN2)n1. The molecule has 0 unspecified atom stereocenters. The number of ketones is 1. The highest BCUT2D eigenvalue weighted by atomic mass is 35.5. The van der Waals surface area contributed by atoms with E-state index in [0.717, 1.165) is 23.5 Å². The lowest BCUT2D eigenvalue weighted by atomic mass is 10.1. The summed E-state index contributed by atoms with van der Waals surface area (Å²) in [5, 5.41) is 6.07. The maximum absolute atomic E-state index is 13.0. The van der Waals surface area contributed by atoms with Gasteiger partial charge in [0.2, 0.25) is 5.78 Å². The molecule has 2 aromatic carbocycles. The van der Waals surface area contributed by atoms with E-state index in [2.05, 4.69) is 10.3 Å². The molecule has 7 heteroatoms. The van der Waals surface area contributed by atoms with Crippen molar-refractivity contribution in [2.45, 2.75) is 25.2 Å². The van der Waals surface area contributed by atoms with Crippen LogP contribution in [0.15, 0.2) is 60.0 Å². The molecular formula is C21H20ClFN2O2S. The van der Waals surface area contributed by atoms with Gasteiger partial charge in [-0.15, -0.1) is 23.7 Å². The number of carbonyl (C=O) groups is 1. The van der Waals surface area contributed by atoms with Crippen LogP contribution in [0.5, 0.6) is 0 Å². The van der Waals surface area contributed by atoms with Crippen LogP contribution in [0.3, 0.4) is 0 Å². The van der Waals surface area contributed by atoms with Crippen molar-refractivity contribution in [2.75, 3.05) is 6.54 Å². The Morgan fingerprint density at radius 1 is 1.18 bits per heavy atom. The van der Waals surface area contributed by atoms with E-state index < -0.39 is 0 Å². The summed E-state index contributed by atoms with van der Waals surface area (Å²) in [4.78, 5) is 17.0. The molecule has 28 heavy (non-hydrogen) atoms. The van der Waals surface area contributed by atoms with Gasteiger partial charge in [0.05, 0.1) is 18.8 Å². The first-order chi connectivity index (χ1) is 13.2. The molecular weight excluding hydrogens is 399 g/mol. The van der Waals surface area contributed by atoms with E-state index in [1.54, 1.807) is 5.38 Å². The number of benzene rings is 2. The number of hydrogen-bond donors (Lipinski definition) is 1. The molecule has 1 aliphatic rings. The van der Waals surface area contributed by atoms with E-state index >= 15 is 0 Å². The molecule has 2 atom stereocenters. The third-order valence-corrected chi connectivity index (χ3v) is 5.54. The molecule has 1 aliphatic heterocycles. The second-order valence-corrected chi connectivity index (χ2v) is 7.41. The van der Waals surface area contributed by atoms with E-state index in [1.165, 1.54) is 35.6 Å². The van der Waals surface area contributed by atoms with Crippen molar-refractivity contribution in [1.29, 1.82) is 0 Å². The summed E-state index contributed by atoms with van der Waals surface area (Å²) < 4.78 is 19.0. The van der Waals surface area contributed by atoms with Crippen LogP contribution < -0.4 is 5.32 Å². The number of carbonyl (C=O) groups excluding carboxylic acids is 1. The van der Waals surface area contributed by atoms with E-state index in [9.17, 15) is 9.18 Å². The summed E-state index contributed by atoms with van der Waals surface area (Å²) in [5.74, 6) is -0.547. The Hall–Kier alpha value is -2.12. The Bertz CT molecular complexity index is 918. The zero-order valence-corrected chi connectivity index (χ0v) is 16.6. The van der Waals surface area contributed by atoms with Gasteiger partial charge >= 0.3 is 0 Å². The van der Waals surface area contributed by atoms with E-state index in [-0.39, 0.29) is 36.2 Å². The molecule has 0 saturated carbocycles. The molecule has 4 rings (SSSR count). The number of aromatic nitrogens is 1. The van der Waals surface area contributed by atoms with Gasteiger partial charge in [-0.1, -0.05) is 30.3 Å². The highest BCUT2D eigenvalue weighted by Crippen LogP contribution is 2.28. The maximum atomic E-state index is 13.0. The zero-order chi connectivity index (χ0) is 18.6. The molecule has 1 fully saturated rings. The lowest BCUT2D eigenvalue weighted by Gasteiger charge is -2.10. The number of thiazole rings is 1. The molecule has 0 radical (unpaired) electrons. The fourth-order valence-electron chi connectivity index (χ4n) is 3.11. The molecule has 0 bridgehead atoms. The summed E-state index contributed by atoms with van der Waals surface area (Å²) >= 11 is 1.47. The number of ether oxygens (including phenoxy) is 1. The van der Waals surface area contributed by atoms with Gasteiger partial charge in [-0.3, -0.25) is 4.79 Å². The normalized spacial score (nSPS) is 18.6.